The second kappa shape index (κ2) is 9.69. The molecular formula is C23H20F3N3O5. The van der Waals surface area contributed by atoms with Gasteiger partial charge in [-0.15, -0.1) is 13.2 Å². The van der Waals surface area contributed by atoms with Crippen LogP contribution in [0.1, 0.15) is 32.0 Å². The van der Waals surface area contributed by atoms with Crippen LogP contribution in [0.2, 0.25) is 0 Å². The first-order valence-corrected chi connectivity index (χ1v) is 9.77. The van der Waals surface area contributed by atoms with Gasteiger partial charge in [-0.3, -0.25) is 14.6 Å². The molecule has 0 fully saturated rings. The molecule has 0 radical (unpaired) electrons. The number of nitrogens with two attached hydrogens (primary N) is 1. The molecule has 11 heteroatoms. The van der Waals surface area contributed by atoms with Crippen molar-refractivity contribution in [2.75, 3.05) is 12.4 Å². The predicted octanol–water partition coefficient (Wildman–Crippen LogP) is 4.75. The summed E-state index contributed by atoms with van der Waals surface area (Å²) in [6.45, 7) is 3.38. The summed E-state index contributed by atoms with van der Waals surface area (Å²) in [5, 5.41) is 2.65. The first kappa shape index (κ1) is 24.4. The number of amides is 2. The van der Waals surface area contributed by atoms with Crippen LogP contribution in [-0.2, 0) is 0 Å². The number of halogens is 3. The lowest BCUT2D eigenvalue weighted by Gasteiger charge is -2.16. The Balaban J connectivity index is 1.90. The van der Waals surface area contributed by atoms with E-state index < -0.39 is 23.9 Å². The smallest absolute Gasteiger partial charge is 0.493 e. The Morgan fingerprint density at radius 2 is 1.71 bits per heavy atom. The van der Waals surface area contributed by atoms with Gasteiger partial charge in [-0.25, -0.2) is 0 Å². The Kier molecular flexibility index (Phi) is 6.94. The molecule has 34 heavy (non-hydrogen) atoms. The second-order valence-electron chi connectivity index (χ2n) is 7.13. The molecule has 0 unspecified atom stereocenters. The molecular weight excluding hydrogens is 455 g/mol. The number of hydrogen-bond acceptors (Lipinski definition) is 6. The quantitative estimate of drug-likeness (QED) is 0.510. The molecule has 2 amide bonds. The summed E-state index contributed by atoms with van der Waals surface area (Å²) < 4.78 is 52.3. The first-order valence-electron chi connectivity index (χ1n) is 9.77. The van der Waals surface area contributed by atoms with E-state index >= 15 is 0 Å². The maximum absolute atomic E-state index is 12.9. The molecule has 3 rings (SSSR count). The molecule has 3 N–H and O–H groups in total. The molecule has 0 spiro atoms. The predicted molar refractivity (Wildman–Crippen MR) is 116 cm³/mol. The average Bonchev–Trinajstić information content (AvgIpc) is 2.75. The molecule has 1 aromatic heterocycles. The summed E-state index contributed by atoms with van der Waals surface area (Å²) in [6.07, 6.45) is -3.58. The highest BCUT2D eigenvalue weighted by atomic mass is 19.4. The molecule has 2 aromatic carbocycles. The number of nitrogens with one attached hydrogen (secondary N) is 1. The van der Waals surface area contributed by atoms with Crippen molar-refractivity contribution in [2.24, 2.45) is 5.73 Å². The lowest BCUT2D eigenvalue weighted by Crippen LogP contribution is -2.17. The van der Waals surface area contributed by atoms with Crippen LogP contribution in [0.15, 0.2) is 48.7 Å². The van der Waals surface area contributed by atoms with Crippen LogP contribution in [-0.4, -0.2) is 30.3 Å². The molecule has 0 saturated heterocycles. The minimum Gasteiger partial charge on any atom is -0.493 e. The fraction of sp³-hybridized carbons (Fsp3) is 0.174. The van der Waals surface area contributed by atoms with Gasteiger partial charge in [0.05, 0.1) is 7.11 Å². The number of primary amides is 1. The van der Waals surface area contributed by atoms with Gasteiger partial charge in [0.15, 0.2) is 11.5 Å². The van der Waals surface area contributed by atoms with E-state index in [9.17, 15) is 22.8 Å². The zero-order valence-electron chi connectivity index (χ0n) is 18.3. The number of aryl methyl sites for hydroxylation is 2. The Morgan fingerprint density at radius 1 is 0.971 bits per heavy atom. The molecule has 0 saturated carbocycles. The largest absolute Gasteiger partial charge is 0.573 e. The minimum atomic E-state index is -4.87. The summed E-state index contributed by atoms with van der Waals surface area (Å²) >= 11 is 0. The zero-order valence-corrected chi connectivity index (χ0v) is 18.3. The van der Waals surface area contributed by atoms with E-state index in [1.165, 1.54) is 31.5 Å². The van der Waals surface area contributed by atoms with Gasteiger partial charge < -0.3 is 25.3 Å². The van der Waals surface area contributed by atoms with Crippen molar-refractivity contribution in [3.63, 3.8) is 0 Å². The van der Waals surface area contributed by atoms with Gasteiger partial charge >= 0.3 is 6.36 Å². The number of benzene rings is 2. The van der Waals surface area contributed by atoms with E-state index in [4.69, 9.17) is 15.2 Å². The van der Waals surface area contributed by atoms with Crippen LogP contribution >= 0.6 is 0 Å². The fourth-order valence-electron chi connectivity index (χ4n) is 3.00. The average molecular weight is 475 g/mol. The van der Waals surface area contributed by atoms with Gasteiger partial charge in [-0.2, -0.15) is 0 Å². The van der Waals surface area contributed by atoms with Gasteiger partial charge in [0.2, 0.25) is 5.91 Å². The number of nitrogens with zero attached hydrogens (tertiary/aromatic N) is 1. The molecule has 1 heterocycles. The number of hydrogen-bond donors (Lipinski definition) is 2. The van der Waals surface area contributed by atoms with Crippen molar-refractivity contribution in [3.8, 4) is 23.0 Å². The van der Waals surface area contributed by atoms with Gasteiger partial charge in [0.1, 0.15) is 17.1 Å². The van der Waals surface area contributed by atoms with Gasteiger partial charge in [0, 0.05) is 35.3 Å². The van der Waals surface area contributed by atoms with Crippen molar-refractivity contribution < 1.29 is 37.0 Å². The third kappa shape index (κ3) is 5.94. The second-order valence-corrected chi connectivity index (χ2v) is 7.13. The van der Waals surface area contributed by atoms with Gasteiger partial charge in [-0.1, -0.05) is 6.07 Å². The molecule has 0 atom stereocenters. The lowest BCUT2D eigenvalue weighted by molar-refractivity contribution is -0.274. The topological polar surface area (TPSA) is 113 Å². The number of carbonyl (C=O) groups is 2. The van der Waals surface area contributed by atoms with Crippen LogP contribution in [0.3, 0.4) is 0 Å². The number of rotatable bonds is 7. The van der Waals surface area contributed by atoms with Crippen LogP contribution in [0.5, 0.6) is 23.0 Å². The molecule has 0 aliphatic carbocycles. The summed E-state index contributed by atoms with van der Waals surface area (Å²) in [6, 6.07) is 9.44. The lowest BCUT2D eigenvalue weighted by atomic mass is 10.1. The van der Waals surface area contributed by atoms with Gasteiger partial charge in [-0.05, 0) is 43.7 Å². The van der Waals surface area contributed by atoms with E-state index in [1.807, 2.05) is 0 Å². The SMILES string of the molecule is COc1cc(OC(F)(F)F)ccc1Oc1cc(C)ncc1C(=O)Nc1ccc(C)c(C(N)=O)c1. The maximum Gasteiger partial charge on any atom is 0.573 e. The fourth-order valence-corrected chi connectivity index (χ4v) is 3.00. The molecule has 8 nitrogen and oxygen atoms in total. The number of alkyl halides is 3. The van der Waals surface area contributed by atoms with Crippen molar-refractivity contribution in [1.29, 1.82) is 0 Å². The van der Waals surface area contributed by atoms with E-state index in [-0.39, 0.29) is 28.4 Å². The maximum atomic E-state index is 12.9. The van der Waals surface area contributed by atoms with Crippen LogP contribution < -0.4 is 25.3 Å². The van der Waals surface area contributed by atoms with Crippen molar-refractivity contribution in [2.45, 2.75) is 20.2 Å². The molecule has 0 aliphatic heterocycles. The molecule has 0 bridgehead atoms. The number of anilines is 1. The highest BCUT2D eigenvalue weighted by Gasteiger charge is 2.31. The van der Waals surface area contributed by atoms with E-state index in [0.29, 0.717) is 16.9 Å². The summed E-state index contributed by atoms with van der Waals surface area (Å²) in [7, 11) is 1.25. The number of pyridine rings is 1. The summed E-state index contributed by atoms with van der Waals surface area (Å²) in [4.78, 5) is 28.6. The van der Waals surface area contributed by atoms with E-state index in [1.54, 1.807) is 26.0 Å². The molecule has 3 aromatic rings. The third-order valence-electron chi connectivity index (χ3n) is 4.60. The number of ether oxygens (including phenoxy) is 3. The number of carbonyl (C=O) groups excluding carboxylic acids is 2. The molecule has 0 aliphatic rings. The molecule has 178 valence electrons. The van der Waals surface area contributed by atoms with Crippen molar-refractivity contribution in [3.05, 3.63) is 71.0 Å². The zero-order chi connectivity index (χ0) is 25.0. The number of aromatic nitrogens is 1. The highest BCUT2D eigenvalue weighted by molar-refractivity contribution is 6.06. The highest BCUT2D eigenvalue weighted by Crippen LogP contribution is 2.37. The minimum absolute atomic E-state index is 0.0319. The normalized spacial score (nSPS) is 11.0. The van der Waals surface area contributed by atoms with Crippen molar-refractivity contribution >= 4 is 17.5 Å². The van der Waals surface area contributed by atoms with Crippen LogP contribution in [0, 0.1) is 13.8 Å². The Morgan fingerprint density at radius 3 is 2.35 bits per heavy atom. The Bertz CT molecular complexity index is 1250. The Hall–Kier alpha value is -4.28. The summed E-state index contributed by atoms with van der Waals surface area (Å²) in [5.41, 5.74) is 7.14. The van der Waals surface area contributed by atoms with E-state index in [0.717, 1.165) is 12.1 Å². The van der Waals surface area contributed by atoms with Gasteiger partial charge in [0.25, 0.3) is 5.91 Å². The van der Waals surface area contributed by atoms with E-state index in [2.05, 4.69) is 15.0 Å². The summed E-state index contributed by atoms with van der Waals surface area (Å²) in [5.74, 6) is -1.66. The monoisotopic (exact) mass is 475 g/mol. The number of methoxy groups -OCH3 is 1. The van der Waals surface area contributed by atoms with Crippen molar-refractivity contribution in [1.82, 2.24) is 4.98 Å². The van der Waals surface area contributed by atoms with Crippen LogP contribution in [0.4, 0.5) is 18.9 Å². The standard InChI is InChI=1S/C23H20F3N3O5/c1-12-4-5-14(9-16(12)21(27)30)29-22(31)17-11-28-13(2)8-19(17)33-18-7-6-15(10-20(18)32-3)34-23(24,25)26/h4-11H,1-3H3,(H2,27,30)(H,29,31). The first-order chi connectivity index (χ1) is 16.0. The van der Waals surface area contributed by atoms with Crippen LogP contribution in [0.25, 0.3) is 0 Å². The third-order valence-corrected chi connectivity index (χ3v) is 4.60. The Labute approximate surface area is 192 Å².